The van der Waals surface area contributed by atoms with E-state index in [1.807, 2.05) is 0 Å². The molecule has 90 valence electrons. The molecule has 2 heterocycles. The molecule has 0 saturated heterocycles. The predicted molar refractivity (Wildman–Crippen MR) is 61.0 cm³/mol. The number of rotatable bonds is 2. The Morgan fingerprint density at radius 1 is 1.28 bits per heavy atom. The summed E-state index contributed by atoms with van der Waals surface area (Å²) in [6, 6.07) is 6.86. The number of para-hydroxylation sites is 1. The molecule has 1 aliphatic rings. The third-order valence-electron chi connectivity index (χ3n) is 2.74. The van der Waals surface area contributed by atoms with E-state index in [2.05, 4.69) is 10.1 Å². The summed E-state index contributed by atoms with van der Waals surface area (Å²) in [6.07, 6.45) is 0. The van der Waals surface area contributed by atoms with Crippen molar-refractivity contribution in [2.45, 2.75) is 13.5 Å². The van der Waals surface area contributed by atoms with Gasteiger partial charge in [0.05, 0.1) is 11.3 Å². The smallest absolute Gasteiger partial charge is 0.299 e. The monoisotopic (exact) mass is 243 g/mol. The van der Waals surface area contributed by atoms with Crippen molar-refractivity contribution in [1.29, 1.82) is 0 Å². The van der Waals surface area contributed by atoms with Gasteiger partial charge in [-0.05, 0) is 19.1 Å². The first-order valence-corrected chi connectivity index (χ1v) is 5.41. The maximum absolute atomic E-state index is 11.9. The molecule has 3 rings (SSSR count). The molecule has 0 fully saturated rings. The van der Waals surface area contributed by atoms with E-state index in [1.54, 1.807) is 31.2 Å². The summed E-state index contributed by atoms with van der Waals surface area (Å²) in [5.74, 6) is -0.254. The van der Waals surface area contributed by atoms with E-state index in [-0.39, 0.29) is 6.54 Å². The Morgan fingerprint density at radius 3 is 2.78 bits per heavy atom. The lowest BCUT2D eigenvalue weighted by atomic mass is 10.1. The molecule has 0 bridgehead atoms. The van der Waals surface area contributed by atoms with Crippen molar-refractivity contribution in [3.05, 3.63) is 41.5 Å². The molecule has 0 spiro atoms. The van der Waals surface area contributed by atoms with Crippen LogP contribution in [0.1, 0.15) is 22.1 Å². The highest BCUT2D eigenvalue weighted by molar-refractivity contribution is 6.52. The Bertz CT molecular complexity index is 648. The van der Waals surface area contributed by atoms with Crippen LogP contribution in [-0.4, -0.2) is 21.8 Å². The Morgan fingerprint density at radius 2 is 2.06 bits per heavy atom. The number of anilines is 1. The standard InChI is InChI=1S/C12H9N3O3/c1-7-13-10(18-14-7)6-15-9-5-3-2-4-8(9)11(16)12(15)17/h2-5H,6H2,1H3. The van der Waals surface area contributed by atoms with E-state index in [9.17, 15) is 9.59 Å². The molecule has 0 atom stereocenters. The van der Waals surface area contributed by atoms with Gasteiger partial charge in [0, 0.05) is 0 Å². The maximum Gasteiger partial charge on any atom is 0.299 e. The van der Waals surface area contributed by atoms with Gasteiger partial charge in [0.25, 0.3) is 11.7 Å². The molecule has 1 aromatic carbocycles. The van der Waals surface area contributed by atoms with E-state index in [0.717, 1.165) is 0 Å². The quantitative estimate of drug-likeness (QED) is 0.738. The maximum atomic E-state index is 11.9. The lowest BCUT2D eigenvalue weighted by Gasteiger charge is -2.13. The van der Waals surface area contributed by atoms with Crippen molar-refractivity contribution in [3.8, 4) is 0 Å². The van der Waals surface area contributed by atoms with Crippen LogP contribution >= 0.6 is 0 Å². The highest BCUT2D eigenvalue weighted by Crippen LogP contribution is 2.29. The number of aryl methyl sites for hydroxylation is 1. The molecule has 18 heavy (non-hydrogen) atoms. The topological polar surface area (TPSA) is 76.3 Å². The number of ketones is 1. The number of hydrogen-bond donors (Lipinski definition) is 0. The van der Waals surface area contributed by atoms with Crippen LogP contribution in [0.4, 0.5) is 5.69 Å². The van der Waals surface area contributed by atoms with Crippen LogP contribution in [0.2, 0.25) is 0 Å². The van der Waals surface area contributed by atoms with E-state index < -0.39 is 11.7 Å². The molecule has 1 aromatic heterocycles. The van der Waals surface area contributed by atoms with Gasteiger partial charge in [-0.3, -0.25) is 14.5 Å². The number of benzene rings is 1. The second-order valence-corrected chi connectivity index (χ2v) is 3.97. The van der Waals surface area contributed by atoms with Gasteiger partial charge in [0.15, 0.2) is 5.82 Å². The summed E-state index contributed by atoms with van der Waals surface area (Å²) in [6.45, 7) is 1.81. The molecule has 1 aliphatic heterocycles. The number of fused-ring (bicyclic) bond motifs is 1. The van der Waals surface area contributed by atoms with Crippen molar-refractivity contribution < 1.29 is 14.1 Å². The number of Topliss-reactive ketones (excluding diaryl/α,β-unsaturated/α-hetero) is 1. The zero-order valence-electron chi connectivity index (χ0n) is 9.58. The molecule has 6 nitrogen and oxygen atoms in total. The van der Waals surface area contributed by atoms with Crippen LogP contribution in [0.25, 0.3) is 0 Å². The highest BCUT2D eigenvalue weighted by atomic mass is 16.5. The Kier molecular flexibility index (Phi) is 2.22. The average Bonchev–Trinajstić information content (AvgIpc) is 2.88. The van der Waals surface area contributed by atoms with Crippen molar-refractivity contribution in [3.63, 3.8) is 0 Å². The van der Waals surface area contributed by atoms with Crippen molar-refractivity contribution in [2.24, 2.45) is 0 Å². The van der Waals surface area contributed by atoms with Gasteiger partial charge in [-0.15, -0.1) is 0 Å². The summed E-state index contributed by atoms with van der Waals surface area (Å²) < 4.78 is 4.96. The SMILES string of the molecule is Cc1noc(CN2C(=O)C(=O)c3ccccc32)n1. The van der Waals surface area contributed by atoms with E-state index in [0.29, 0.717) is 23.0 Å². The molecular weight excluding hydrogens is 234 g/mol. The first-order chi connectivity index (χ1) is 8.66. The highest BCUT2D eigenvalue weighted by Gasteiger charge is 2.36. The fraction of sp³-hybridized carbons (Fsp3) is 0.167. The molecule has 2 aromatic rings. The van der Waals surface area contributed by atoms with Crippen LogP contribution < -0.4 is 4.90 Å². The fourth-order valence-corrected chi connectivity index (χ4v) is 1.94. The van der Waals surface area contributed by atoms with Gasteiger partial charge in [0.1, 0.15) is 6.54 Å². The summed E-state index contributed by atoms with van der Waals surface area (Å²) in [5.41, 5.74) is 1.00. The molecule has 0 radical (unpaired) electrons. The minimum atomic E-state index is -0.563. The Balaban J connectivity index is 1.98. The zero-order valence-corrected chi connectivity index (χ0v) is 9.58. The molecular formula is C12H9N3O3. The van der Waals surface area contributed by atoms with E-state index in [4.69, 9.17) is 4.52 Å². The molecule has 6 heteroatoms. The van der Waals surface area contributed by atoms with Crippen LogP contribution in [0.3, 0.4) is 0 Å². The number of hydrogen-bond acceptors (Lipinski definition) is 5. The fourth-order valence-electron chi connectivity index (χ4n) is 1.94. The van der Waals surface area contributed by atoms with Crippen LogP contribution in [0.5, 0.6) is 0 Å². The Hall–Kier alpha value is -2.50. The third-order valence-corrected chi connectivity index (χ3v) is 2.74. The van der Waals surface area contributed by atoms with Crippen LogP contribution in [0, 0.1) is 6.92 Å². The lowest BCUT2D eigenvalue weighted by molar-refractivity contribution is -0.114. The summed E-state index contributed by atoms with van der Waals surface area (Å²) in [5, 5.41) is 3.65. The van der Waals surface area contributed by atoms with Gasteiger partial charge in [0.2, 0.25) is 5.89 Å². The molecule has 0 aliphatic carbocycles. The Labute approximate surface area is 102 Å². The van der Waals surface area contributed by atoms with Crippen LogP contribution in [0.15, 0.2) is 28.8 Å². The van der Waals surface area contributed by atoms with Crippen molar-refractivity contribution in [1.82, 2.24) is 10.1 Å². The lowest BCUT2D eigenvalue weighted by Crippen LogP contribution is -2.29. The van der Waals surface area contributed by atoms with Gasteiger partial charge < -0.3 is 4.52 Å². The van der Waals surface area contributed by atoms with E-state index >= 15 is 0 Å². The van der Waals surface area contributed by atoms with Gasteiger partial charge in [-0.1, -0.05) is 17.3 Å². The van der Waals surface area contributed by atoms with Gasteiger partial charge in [-0.2, -0.15) is 4.98 Å². The normalized spacial score (nSPS) is 14.2. The number of aromatic nitrogens is 2. The van der Waals surface area contributed by atoms with Gasteiger partial charge in [-0.25, -0.2) is 0 Å². The molecule has 0 unspecified atom stereocenters. The summed E-state index contributed by atoms with van der Waals surface area (Å²) in [4.78, 5) is 29.0. The van der Waals surface area contributed by atoms with Gasteiger partial charge >= 0.3 is 0 Å². The predicted octanol–water partition coefficient (Wildman–Crippen LogP) is 1.11. The number of amides is 1. The largest absolute Gasteiger partial charge is 0.337 e. The van der Waals surface area contributed by atoms with E-state index in [1.165, 1.54) is 4.90 Å². The third kappa shape index (κ3) is 1.50. The molecule has 0 saturated carbocycles. The average molecular weight is 243 g/mol. The second kappa shape index (κ2) is 3.76. The minimum Gasteiger partial charge on any atom is -0.337 e. The van der Waals surface area contributed by atoms with Crippen molar-refractivity contribution >= 4 is 17.4 Å². The second-order valence-electron chi connectivity index (χ2n) is 3.97. The first-order valence-electron chi connectivity index (χ1n) is 5.41. The minimum absolute atomic E-state index is 0.114. The zero-order chi connectivity index (χ0) is 12.7. The van der Waals surface area contributed by atoms with Crippen LogP contribution in [-0.2, 0) is 11.3 Å². The van der Waals surface area contributed by atoms with Crippen molar-refractivity contribution in [2.75, 3.05) is 4.90 Å². The number of carbonyl (C=O) groups is 2. The number of carbonyl (C=O) groups excluding carboxylic acids is 2. The summed E-state index contributed by atoms with van der Waals surface area (Å²) in [7, 11) is 0. The number of nitrogens with zero attached hydrogens (tertiary/aromatic N) is 3. The molecule has 1 amide bonds. The first kappa shape index (κ1) is 10.6. The molecule has 0 N–H and O–H groups in total. The summed E-state index contributed by atoms with van der Waals surface area (Å²) >= 11 is 0.